The number of aromatic nitrogens is 1. The number of nitrogens with one attached hydrogen (secondary N) is 2. The fraction of sp³-hybridized carbons (Fsp3) is 0.600. The highest BCUT2D eigenvalue weighted by molar-refractivity contribution is 5.95. The lowest BCUT2D eigenvalue weighted by Gasteiger charge is -2.40. The fourth-order valence-corrected chi connectivity index (χ4v) is 2.42. The summed E-state index contributed by atoms with van der Waals surface area (Å²) in [6, 6.07) is 3.46. The molecule has 1 heterocycles. The Morgan fingerprint density at radius 3 is 2.67 bits per heavy atom. The Labute approximate surface area is 125 Å². The number of methoxy groups -OCH3 is 1. The van der Waals surface area contributed by atoms with Crippen molar-refractivity contribution >= 4 is 11.7 Å². The van der Waals surface area contributed by atoms with E-state index >= 15 is 0 Å². The van der Waals surface area contributed by atoms with Crippen LogP contribution in [0.15, 0.2) is 12.1 Å². The van der Waals surface area contributed by atoms with Crippen molar-refractivity contribution in [3.63, 3.8) is 0 Å². The van der Waals surface area contributed by atoms with Crippen molar-refractivity contribution < 1.29 is 9.53 Å². The number of nitrogens with two attached hydrogens (primary N) is 1. The number of anilines is 1. The molecule has 1 fully saturated rings. The average molecular weight is 292 g/mol. The summed E-state index contributed by atoms with van der Waals surface area (Å²) in [5.74, 6) is 6.01. The third-order valence-electron chi connectivity index (χ3n) is 4.12. The molecule has 0 spiro atoms. The maximum Gasteiger partial charge on any atom is 0.251 e. The number of hydrazine groups is 1. The number of nitrogen functional groups attached to an aromatic ring is 1. The van der Waals surface area contributed by atoms with Gasteiger partial charge in [-0.25, -0.2) is 10.8 Å². The van der Waals surface area contributed by atoms with Gasteiger partial charge in [-0.05, 0) is 37.3 Å². The SMILES string of the molecule is COC1(CNC(=O)c2cc(NN)nc(C(C)C)c2)CCC1. The number of ether oxygens (including phenoxy) is 1. The maximum atomic E-state index is 12.3. The third-order valence-corrected chi connectivity index (χ3v) is 4.12. The minimum atomic E-state index is -0.182. The van der Waals surface area contributed by atoms with Crippen LogP contribution >= 0.6 is 0 Å². The molecule has 2 rings (SSSR count). The number of hydrogen-bond acceptors (Lipinski definition) is 5. The van der Waals surface area contributed by atoms with Crippen LogP contribution in [0.4, 0.5) is 5.82 Å². The standard InChI is InChI=1S/C15H24N4O2/c1-10(2)12-7-11(8-13(18-12)19-16)14(20)17-9-15(21-3)5-4-6-15/h7-8,10H,4-6,9,16H2,1-3H3,(H,17,20)(H,18,19). The van der Waals surface area contributed by atoms with Crippen LogP contribution in [0.3, 0.4) is 0 Å². The van der Waals surface area contributed by atoms with Gasteiger partial charge in [0.1, 0.15) is 5.82 Å². The summed E-state index contributed by atoms with van der Waals surface area (Å²) >= 11 is 0. The quantitative estimate of drug-likeness (QED) is 0.549. The van der Waals surface area contributed by atoms with E-state index in [1.165, 1.54) is 0 Å². The summed E-state index contributed by atoms with van der Waals surface area (Å²) < 4.78 is 5.51. The Hall–Kier alpha value is -1.66. The van der Waals surface area contributed by atoms with Gasteiger partial charge in [0.05, 0.1) is 5.60 Å². The van der Waals surface area contributed by atoms with Gasteiger partial charge in [0.2, 0.25) is 0 Å². The molecule has 0 aliphatic heterocycles. The first-order valence-corrected chi connectivity index (χ1v) is 7.31. The Kier molecular flexibility index (Phi) is 4.80. The van der Waals surface area contributed by atoms with E-state index in [1.807, 2.05) is 13.8 Å². The van der Waals surface area contributed by atoms with Gasteiger partial charge in [0, 0.05) is 24.9 Å². The summed E-state index contributed by atoms with van der Waals surface area (Å²) in [4.78, 5) is 16.7. The molecule has 1 saturated carbocycles. The van der Waals surface area contributed by atoms with Crippen molar-refractivity contribution in [1.29, 1.82) is 0 Å². The predicted molar refractivity (Wildman–Crippen MR) is 82.1 cm³/mol. The molecule has 0 saturated heterocycles. The highest BCUT2D eigenvalue weighted by Crippen LogP contribution is 2.34. The fourth-order valence-electron chi connectivity index (χ4n) is 2.42. The van der Waals surface area contributed by atoms with Crippen molar-refractivity contribution in [3.05, 3.63) is 23.4 Å². The van der Waals surface area contributed by atoms with Crippen LogP contribution in [0, 0.1) is 0 Å². The lowest BCUT2D eigenvalue weighted by atomic mass is 9.80. The van der Waals surface area contributed by atoms with E-state index in [9.17, 15) is 4.79 Å². The van der Waals surface area contributed by atoms with E-state index in [-0.39, 0.29) is 17.4 Å². The van der Waals surface area contributed by atoms with Crippen molar-refractivity contribution in [2.75, 3.05) is 19.1 Å². The largest absolute Gasteiger partial charge is 0.376 e. The number of hydrogen-bond donors (Lipinski definition) is 3. The zero-order valence-electron chi connectivity index (χ0n) is 12.9. The highest BCUT2D eigenvalue weighted by Gasteiger charge is 2.37. The zero-order chi connectivity index (χ0) is 15.5. The number of pyridine rings is 1. The van der Waals surface area contributed by atoms with Gasteiger partial charge in [-0.3, -0.25) is 4.79 Å². The van der Waals surface area contributed by atoms with Crippen molar-refractivity contribution in [2.45, 2.75) is 44.6 Å². The molecule has 21 heavy (non-hydrogen) atoms. The molecular formula is C15H24N4O2. The number of carbonyl (C=O) groups is 1. The molecule has 1 aliphatic rings. The molecule has 1 aromatic rings. The van der Waals surface area contributed by atoms with Crippen molar-refractivity contribution in [3.8, 4) is 0 Å². The van der Waals surface area contributed by atoms with E-state index in [2.05, 4.69) is 15.7 Å². The molecule has 1 aromatic heterocycles. The van der Waals surface area contributed by atoms with Gasteiger partial charge in [-0.1, -0.05) is 13.8 Å². The lowest BCUT2D eigenvalue weighted by Crippen LogP contribution is -2.49. The molecule has 0 bridgehead atoms. The van der Waals surface area contributed by atoms with Gasteiger partial charge >= 0.3 is 0 Å². The van der Waals surface area contributed by atoms with Gasteiger partial charge in [0.15, 0.2) is 0 Å². The highest BCUT2D eigenvalue weighted by atomic mass is 16.5. The maximum absolute atomic E-state index is 12.3. The summed E-state index contributed by atoms with van der Waals surface area (Å²) in [7, 11) is 1.70. The van der Waals surface area contributed by atoms with Crippen molar-refractivity contribution in [2.24, 2.45) is 5.84 Å². The molecular weight excluding hydrogens is 268 g/mol. The first kappa shape index (κ1) is 15.7. The van der Waals surface area contributed by atoms with Crippen LogP contribution in [0.5, 0.6) is 0 Å². The van der Waals surface area contributed by atoms with E-state index in [0.717, 1.165) is 25.0 Å². The molecule has 0 unspecified atom stereocenters. The normalized spacial score (nSPS) is 16.4. The van der Waals surface area contributed by atoms with Crippen LogP contribution in [0.25, 0.3) is 0 Å². The summed E-state index contributed by atoms with van der Waals surface area (Å²) in [6.45, 7) is 4.59. The van der Waals surface area contributed by atoms with Gasteiger partial charge in [-0.2, -0.15) is 0 Å². The van der Waals surface area contributed by atoms with Crippen LogP contribution in [0.1, 0.15) is 55.1 Å². The van der Waals surface area contributed by atoms with E-state index in [4.69, 9.17) is 10.6 Å². The topological polar surface area (TPSA) is 89.3 Å². The Balaban J connectivity index is 2.09. The molecule has 1 aliphatic carbocycles. The molecule has 0 atom stereocenters. The Morgan fingerprint density at radius 1 is 1.48 bits per heavy atom. The lowest BCUT2D eigenvalue weighted by molar-refractivity contribution is -0.0679. The predicted octanol–water partition coefficient (Wildman–Crippen LogP) is 1.79. The number of rotatable bonds is 6. The number of carbonyl (C=O) groups excluding carboxylic acids is 1. The van der Waals surface area contributed by atoms with E-state index in [0.29, 0.717) is 17.9 Å². The third kappa shape index (κ3) is 3.51. The van der Waals surface area contributed by atoms with Crippen LogP contribution < -0.4 is 16.6 Å². The van der Waals surface area contributed by atoms with Gasteiger partial charge < -0.3 is 15.5 Å². The van der Waals surface area contributed by atoms with Crippen molar-refractivity contribution in [1.82, 2.24) is 10.3 Å². The molecule has 0 aromatic carbocycles. The molecule has 1 amide bonds. The van der Waals surface area contributed by atoms with E-state index in [1.54, 1.807) is 19.2 Å². The monoisotopic (exact) mass is 292 g/mol. The number of nitrogens with zero attached hydrogens (tertiary/aromatic N) is 1. The Morgan fingerprint density at radius 2 is 2.19 bits per heavy atom. The smallest absolute Gasteiger partial charge is 0.251 e. The van der Waals surface area contributed by atoms with Gasteiger partial charge in [-0.15, -0.1) is 0 Å². The minimum absolute atomic E-state index is 0.126. The second kappa shape index (κ2) is 6.41. The summed E-state index contributed by atoms with van der Waals surface area (Å²) in [5, 5.41) is 2.95. The minimum Gasteiger partial charge on any atom is -0.376 e. The summed E-state index contributed by atoms with van der Waals surface area (Å²) in [5.41, 5.74) is 3.72. The molecule has 6 heteroatoms. The van der Waals surface area contributed by atoms with Crippen LogP contribution in [-0.4, -0.2) is 30.1 Å². The molecule has 6 nitrogen and oxygen atoms in total. The first-order chi connectivity index (χ1) is 9.99. The van der Waals surface area contributed by atoms with Crippen LogP contribution in [-0.2, 0) is 4.74 Å². The molecule has 0 radical (unpaired) electrons. The molecule has 4 N–H and O–H groups in total. The van der Waals surface area contributed by atoms with Gasteiger partial charge in [0.25, 0.3) is 5.91 Å². The second-order valence-corrected chi connectivity index (χ2v) is 5.89. The molecule has 116 valence electrons. The average Bonchev–Trinajstić information content (AvgIpc) is 2.45. The number of amides is 1. The Bertz CT molecular complexity index is 507. The first-order valence-electron chi connectivity index (χ1n) is 7.31. The second-order valence-electron chi connectivity index (χ2n) is 5.89. The summed E-state index contributed by atoms with van der Waals surface area (Å²) in [6.07, 6.45) is 3.14. The van der Waals surface area contributed by atoms with Crippen LogP contribution in [0.2, 0.25) is 0 Å². The zero-order valence-corrected chi connectivity index (χ0v) is 12.9. The van der Waals surface area contributed by atoms with E-state index < -0.39 is 0 Å².